The van der Waals surface area contributed by atoms with Gasteiger partial charge in [0.05, 0.1) is 5.69 Å². The highest BCUT2D eigenvalue weighted by Crippen LogP contribution is 2.13. The fourth-order valence-corrected chi connectivity index (χ4v) is 1.07. The van der Waals surface area contributed by atoms with Crippen LogP contribution in [0.3, 0.4) is 0 Å². The topological polar surface area (TPSA) is 38.7 Å². The molecule has 0 N–H and O–H groups in total. The lowest BCUT2D eigenvalue weighted by molar-refractivity contribution is 1.15. The van der Waals surface area contributed by atoms with Crippen LogP contribution in [0.5, 0.6) is 0 Å². The maximum atomic E-state index is 4.25. The molecule has 0 aliphatic rings. The molecule has 2 aromatic heterocycles. The Bertz CT molecular complexity index is 398. The first kappa shape index (κ1) is 7.86. The van der Waals surface area contributed by atoms with Gasteiger partial charge in [0.1, 0.15) is 6.33 Å². The third kappa shape index (κ3) is 1.69. The van der Waals surface area contributed by atoms with Gasteiger partial charge < -0.3 is 0 Å². The molecule has 0 saturated carbocycles. The Hall–Kier alpha value is -1.77. The van der Waals surface area contributed by atoms with Gasteiger partial charge in [-0.2, -0.15) is 0 Å². The summed E-state index contributed by atoms with van der Waals surface area (Å²) in [6, 6.07) is 5.68. The number of pyridine rings is 1. The third-order valence-corrected chi connectivity index (χ3v) is 1.66. The van der Waals surface area contributed by atoms with Crippen molar-refractivity contribution in [3.05, 3.63) is 49.5 Å². The van der Waals surface area contributed by atoms with E-state index >= 15 is 0 Å². The summed E-state index contributed by atoms with van der Waals surface area (Å²) in [6.45, 7) is 3.75. The molecule has 0 bridgehead atoms. The van der Waals surface area contributed by atoms with Crippen LogP contribution in [0.25, 0.3) is 11.3 Å². The van der Waals surface area contributed by atoms with Gasteiger partial charge in [-0.15, -0.1) is 0 Å². The summed E-state index contributed by atoms with van der Waals surface area (Å²) < 4.78 is 0. The highest BCUT2D eigenvalue weighted by Gasteiger charge is 1.97. The first-order valence-corrected chi connectivity index (χ1v) is 3.90. The largest absolute Gasteiger partial charge is 0.253 e. The van der Waals surface area contributed by atoms with E-state index in [9.17, 15) is 0 Å². The molecule has 0 atom stereocenters. The highest BCUT2D eigenvalue weighted by atomic mass is 14.8. The summed E-state index contributed by atoms with van der Waals surface area (Å²) in [5.74, 6) is 0. The fraction of sp³-hybridized carbons (Fsp3) is 0. The van der Waals surface area contributed by atoms with Crippen LogP contribution >= 0.6 is 0 Å². The average molecular weight is 170 g/mol. The van der Waals surface area contributed by atoms with Crippen LogP contribution in [0.1, 0.15) is 5.69 Å². The lowest BCUT2D eigenvalue weighted by Gasteiger charge is -1.99. The van der Waals surface area contributed by atoms with Gasteiger partial charge >= 0.3 is 0 Å². The quantitative estimate of drug-likeness (QED) is 0.654. The van der Waals surface area contributed by atoms with Gasteiger partial charge in [0, 0.05) is 23.7 Å². The minimum atomic E-state index is 0.751. The Morgan fingerprint density at radius 3 is 2.54 bits per heavy atom. The molecule has 0 saturated heterocycles. The predicted octanol–water partition coefficient (Wildman–Crippen LogP) is 1.72. The molecule has 2 heterocycles. The van der Waals surface area contributed by atoms with Crippen LogP contribution < -0.4 is 0 Å². The summed E-state index contributed by atoms with van der Waals surface area (Å²) in [5.41, 5.74) is 2.52. The Morgan fingerprint density at radius 2 is 1.85 bits per heavy atom. The van der Waals surface area contributed by atoms with Crippen molar-refractivity contribution in [1.82, 2.24) is 15.0 Å². The molecule has 0 spiro atoms. The molecule has 0 fully saturated rings. The molecular weight excluding hydrogens is 162 g/mol. The standard InChI is InChI=1S/C10H8N3/c1-8-3-2-4-10(13-8)9-5-11-7-12-6-9/h2-7H,1H2. The minimum absolute atomic E-state index is 0.751. The van der Waals surface area contributed by atoms with E-state index < -0.39 is 0 Å². The number of rotatable bonds is 1. The summed E-state index contributed by atoms with van der Waals surface area (Å²) in [6.07, 6.45) is 4.96. The molecule has 3 nitrogen and oxygen atoms in total. The SMILES string of the molecule is [CH2]c1cccc(-c2cncnc2)n1. The van der Waals surface area contributed by atoms with Crippen LogP contribution in [0.4, 0.5) is 0 Å². The van der Waals surface area contributed by atoms with Gasteiger partial charge in [-0.05, 0) is 19.1 Å². The van der Waals surface area contributed by atoms with Gasteiger partial charge in [-0.3, -0.25) is 4.98 Å². The molecule has 1 radical (unpaired) electrons. The molecule has 0 aliphatic carbocycles. The molecule has 0 aromatic carbocycles. The van der Waals surface area contributed by atoms with Crippen molar-refractivity contribution in [2.45, 2.75) is 0 Å². The van der Waals surface area contributed by atoms with Crippen molar-refractivity contribution in [3.63, 3.8) is 0 Å². The van der Waals surface area contributed by atoms with E-state index in [0.717, 1.165) is 17.0 Å². The van der Waals surface area contributed by atoms with Crippen molar-refractivity contribution in [2.24, 2.45) is 0 Å². The van der Waals surface area contributed by atoms with Gasteiger partial charge in [-0.25, -0.2) is 9.97 Å². The summed E-state index contributed by atoms with van der Waals surface area (Å²) in [4.78, 5) is 12.1. The number of nitrogens with zero attached hydrogens (tertiary/aromatic N) is 3. The molecule has 63 valence electrons. The van der Waals surface area contributed by atoms with Gasteiger partial charge in [-0.1, -0.05) is 6.07 Å². The van der Waals surface area contributed by atoms with Crippen LogP contribution in [-0.4, -0.2) is 15.0 Å². The first-order chi connectivity index (χ1) is 6.36. The minimum Gasteiger partial charge on any atom is -0.253 e. The normalized spacial score (nSPS) is 9.92. The lowest BCUT2D eigenvalue weighted by atomic mass is 10.2. The Labute approximate surface area is 76.5 Å². The number of hydrogen-bond acceptors (Lipinski definition) is 3. The second-order valence-electron chi connectivity index (χ2n) is 2.64. The zero-order chi connectivity index (χ0) is 9.10. The zero-order valence-electron chi connectivity index (χ0n) is 7.01. The maximum Gasteiger partial charge on any atom is 0.115 e. The third-order valence-electron chi connectivity index (χ3n) is 1.66. The molecule has 2 aromatic rings. The van der Waals surface area contributed by atoms with E-state index in [1.165, 1.54) is 6.33 Å². The smallest absolute Gasteiger partial charge is 0.115 e. The Morgan fingerprint density at radius 1 is 1.08 bits per heavy atom. The Kier molecular flexibility index (Phi) is 2.00. The van der Waals surface area contributed by atoms with Crippen molar-refractivity contribution < 1.29 is 0 Å². The first-order valence-electron chi connectivity index (χ1n) is 3.90. The van der Waals surface area contributed by atoms with Gasteiger partial charge in [0.25, 0.3) is 0 Å². The van der Waals surface area contributed by atoms with E-state index in [1.54, 1.807) is 12.4 Å². The second-order valence-corrected chi connectivity index (χ2v) is 2.64. The van der Waals surface area contributed by atoms with Crippen molar-refractivity contribution in [3.8, 4) is 11.3 Å². The van der Waals surface area contributed by atoms with E-state index in [4.69, 9.17) is 0 Å². The predicted molar refractivity (Wildman–Crippen MR) is 49.7 cm³/mol. The van der Waals surface area contributed by atoms with E-state index in [1.807, 2.05) is 18.2 Å². The fourth-order valence-electron chi connectivity index (χ4n) is 1.07. The van der Waals surface area contributed by atoms with Crippen LogP contribution in [-0.2, 0) is 0 Å². The molecule has 13 heavy (non-hydrogen) atoms. The second kappa shape index (κ2) is 3.31. The molecule has 0 unspecified atom stereocenters. The van der Waals surface area contributed by atoms with Crippen molar-refractivity contribution in [1.29, 1.82) is 0 Å². The lowest BCUT2D eigenvalue weighted by Crippen LogP contribution is -1.87. The molecule has 0 aliphatic heterocycles. The van der Waals surface area contributed by atoms with E-state index in [0.29, 0.717) is 0 Å². The van der Waals surface area contributed by atoms with Crippen molar-refractivity contribution in [2.75, 3.05) is 0 Å². The van der Waals surface area contributed by atoms with Crippen LogP contribution in [0.15, 0.2) is 36.9 Å². The van der Waals surface area contributed by atoms with Crippen LogP contribution in [0, 0.1) is 6.92 Å². The molecule has 0 amide bonds. The monoisotopic (exact) mass is 170 g/mol. The zero-order valence-corrected chi connectivity index (χ0v) is 7.01. The van der Waals surface area contributed by atoms with Crippen LogP contribution in [0.2, 0.25) is 0 Å². The maximum absolute atomic E-state index is 4.25. The van der Waals surface area contributed by atoms with Crippen molar-refractivity contribution >= 4 is 0 Å². The van der Waals surface area contributed by atoms with E-state index in [2.05, 4.69) is 21.9 Å². The van der Waals surface area contributed by atoms with Gasteiger partial charge in [0.2, 0.25) is 0 Å². The van der Waals surface area contributed by atoms with Gasteiger partial charge in [0.15, 0.2) is 0 Å². The number of hydrogen-bond donors (Lipinski definition) is 0. The molecule has 2 rings (SSSR count). The summed E-state index contributed by atoms with van der Waals surface area (Å²) in [5, 5.41) is 0. The highest BCUT2D eigenvalue weighted by molar-refractivity contribution is 5.56. The number of aromatic nitrogens is 3. The molecular formula is C10H8N3. The summed E-state index contributed by atoms with van der Waals surface area (Å²) in [7, 11) is 0. The molecule has 3 heteroatoms. The average Bonchev–Trinajstić information content (AvgIpc) is 2.19. The Balaban J connectivity index is 2.48. The summed E-state index contributed by atoms with van der Waals surface area (Å²) >= 11 is 0. The van der Waals surface area contributed by atoms with E-state index in [-0.39, 0.29) is 0 Å².